The van der Waals surface area contributed by atoms with Gasteiger partial charge in [0, 0.05) is 11.8 Å². The molecule has 0 aromatic carbocycles. The fourth-order valence-corrected chi connectivity index (χ4v) is 2.58. The number of nitrogens with zero attached hydrogens (tertiary/aromatic N) is 1. The molecule has 1 fully saturated rings. The highest BCUT2D eigenvalue weighted by molar-refractivity contribution is 5.91. The third-order valence-electron chi connectivity index (χ3n) is 3.47. The molecule has 5 nitrogen and oxygen atoms in total. The van der Waals surface area contributed by atoms with Gasteiger partial charge in [0.15, 0.2) is 5.82 Å². The number of hydrogen-bond donors (Lipinski definition) is 3. The number of aromatic nitrogens is 2. The zero-order chi connectivity index (χ0) is 12.8. The summed E-state index contributed by atoms with van der Waals surface area (Å²) in [6, 6.07) is 1.95. The van der Waals surface area contributed by atoms with Crippen LogP contribution in [0.2, 0.25) is 0 Å². The fourth-order valence-electron chi connectivity index (χ4n) is 2.58. The highest BCUT2D eigenvalue weighted by Gasteiger charge is 2.15. The predicted octanol–water partition coefficient (Wildman–Crippen LogP) is 1.69. The van der Waals surface area contributed by atoms with Crippen molar-refractivity contribution in [2.45, 2.75) is 38.5 Å². The first-order valence-electron chi connectivity index (χ1n) is 6.76. The second-order valence-electron chi connectivity index (χ2n) is 5.07. The van der Waals surface area contributed by atoms with Crippen LogP contribution in [0.1, 0.15) is 37.8 Å². The summed E-state index contributed by atoms with van der Waals surface area (Å²) in [6.07, 6.45) is 7.77. The van der Waals surface area contributed by atoms with E-state index < -0.39 is 0 Å². The first-order valence-corrected chi connectivity index (χ1v) is 6.76. The van der Waals surface area contributed by atoms with Crippen molar-refractivity contribution in [3.8, 4) is 0 Å². The Morgan fingerprint density at radius 3 is 2.94 bits per heavy atom. The minimum Gasteiger partial charge on any atom is -0.311 e. The van der Waals surface area contributed by atoms with E-state index in [-0.39, 0.29) is 5.91 Å². The number of rotatable bonds is 5. The number of carbonyl (C=O) groups is 1. The summed E-state index contributed by atoms with van der Waals surface area (Å²) in [5, 5.41) is 12.7. The van der Waals surface area contributed by atoms with E-state index in [0.29, 0.717) is 12.4 Å². The molecule has 1 aromatic heterocycles. The molecule has 1 saturated carbocycles. The Kier molecular flexibility index (Phi) is 4.75. The number of hydrogen-bond acceptors (Lipinski definition) is 3. The smallest absolute Gasteiger partial charge is 0.239 e. The maximum atomic E-state index is 11.4. The molecule has 1 heterocycles. The Balaban J connectivity index is 1.83. The number of likely N-dealkylation sites (N-methyl/N-ethyl adjacent to an activating group) is 1. The van der Waals surface area contributed by atoms with Crippen LogP contribution in [0.5, 0.6) is 0 Å². The van der Waals surface area contributed by atoms with E-state index in [4.69, 9.17) is 0 Å². The molecule has 100 valence electrons. The molecule has 0 spiro atoms. The molecule has 1 aromatic rings. The zero-order valence-corrected chi connectivity index (χ0v) is 11.0. The summed E-state index contributed by atoms with van der Waals surface area (Å²) < 4.78 is 0. The normalized spacial score (nSPS) is 16.7. The van der Waals surface area contributed by atoms with Gasteiger partial charge in [-0.2, -0.15) is 5.10 Å². The number of H-pyrrole nitrogens is 1. The summed E-state index contributed by atoms with van der Waals surface area (Å²) in [5.41, 5.74) is 1.13. The van der Waals surface area contributed by atoms with E-state index in [2.05, 4.69) is 20.8 Å². The molecule has 0 saturated heterocycles. The molecule has 5 heteroatoms. The minimum absolute atomic E-state index is 0.0618. The number of aromatic amines is 1. The summed E-state index contributed by atoms with van der Waals surface area (Å²) in [6.45, 7) is 0.310. The molecular weight excluding hydrogens is 228 g/mol. The van der Waals surface area contributed by atoms with Crippen molar-refractivity contribution in [3.63, 3.8) is 0 Å². The molecule has 0 bridgehead atoms. The zero-order valence-electron chi connectivity index (χ0n) is 11.0. The van der Waals surface area contributed by atoms with E-state index in [1.54, 1.807) is 7.05 Å². The Morgan fingerprint density at radius 2 is 2.22 bits per heavy atom. The maximum Gasteiger partial charge on any atom is 0.239 e. The van der Waals surface area contributed by atoms with E-state index in [0.717, 1.165) is 18.0 Å². The summed E-state index contributed by atoms with van der Waals surface area (Å²) >= 11 is 0. The van der Waals surface area contributed by atoms with Gasteiger partial charge in [0.05, 0.1) is 6.54 Å². The first-order chi connectivity index (χ1) is 8.78. The van der Waals surface area contributed by atoms with Crippen LogP contribution in [0.25, 0.3) is 0 Å². The van der Waals surface area contributed by atoms with Crippen LogP contribution in [0, 0.1) is 5.92 Å². The van der Waals surface area contributed by atoms with Crippen LogP contribution in [0.15, 0.2) is 6.07 Å². The van der Waals surface area contributed by atoms with E-state index in [9.17, 15) is 4.79 Å². The second-order valence-corrected chi connectivity index (χ2v) is 5.07. The van der Waals surface area contributed by atoms with Gasteiger partial charge in [0.2, 0.25) is 5.91 Å². The van der Waals surface area contributed by atoms with Crippen molar-refractivity contribution in [3.05, 3.63) is 11.8 Å². The Hall–Kier alpha value is -1.36. The van der Waals surface area contributed by atoms with Crippen molar-refractivity contribution in [2.75, 3.05) is 18.9 Å². The quantitative estimate of drug-likeness (QED) is 0.745. The number of nitrogens with one attached hydrogen (secondary N) is 3. The van der Waals surface area contributed by atoms with Gasteiger partial charge in [-0.3, -0.25) is 9.89 Å². The van der Waals surface area contributed by atoms with Crippen LogP contribution in [-0.2, 0) is 11.2 Å². The molecule has 0 aliphatic heterocycles. The molecule has 0 atom stereocenters. The molecular formula is C13H22N4O. The topological polar surface area (TPSA) is 69.8 Å². The average Bonchev–Trinajstić information content (AvgIpc) is 2.78. The molecule has 18 heavy (non-hydrogen) atoms. The summed E-state index contributed by atoms with van der Waals surface area (Å²) in [7, 11) is 1.75. The lowest BCUT2D eigenvalue weighted by atomic mass is 9.86. The van der Waals surface area contributed by atoms with Gasteiger partial charge in [-0.05, 0) is 19.4 Å². The highest BCUT2D eigenvalue weighted by atomic mass is 16.1. The van der Waals surface area contributed by atoms with Crippen molar-refractivity contribution in [1.82, 2.24) is 15.5 Å². The van der Waals surface area contributed by atoms with Gasteiger partial charge < -0.3 is 10.6 Å². The number of carbonyl (C=O) groups excluding carboxylic acids is 1. The minimum atomic E-state index is -0.0618. The lowest BCUT2D eigenvalue weighted by Gasteiger charge is -2.20. The predicted molar refractivity (Wildman–Crippen MR) is 71.4 cm³/mol. The third kappa shape index (κ3) is 3.84. The Morgan fingerprint density at radius 1 is 1.44 bits per heavy atom. The SMILES string of the molecule is CNCC(=O)Nc1cc(CC2CCCCC2)[nH]n1. The van der Waals surface area contributed by atoms with Crippen LogP contribution in [0.3, 0.4) is 0 Å². The van der Waals surface area contributed by atoms with Crippen LogP contribution in [-0.4, -0.2) is 29.7 Å². The average molecular weight is 250 g/mol. The van der Waals surface area contributed by atoms with E-state index in [1.165, 1.54) is 32.1 Å². The molecule has 2 rings (SSSR count). The van der Waals surface area contributed by atoms with Crippen molar-refractivity contribution in [1.29, 1.82) is 0 Å². The molecule has 0 radical (unpaired) electrons. The summed E-state index contributed by atoms with van der Waals surface area (Å²) in [5.74, 6) is 1.34. The monoisotopic (exact) mass is 250 g/mol. The van der Waals surface area contributed by atoms with Gasteiger partial charge in [0.25, 0.3) is 0 Å². The Labute approximate surface area is 108 Å². The fraction of sp³-hybridized carbons (Fsp3) is 0.692. The van der Waals surface area contributed by atoms with Gasteiger partial charge in [0.1, 0.15) is 0 Å². The van der Waals surface area contributed by atoms with Gasteiger partial charge in [-0.1, -0.05) is 32.1 Å². The maximum absolute atomic E-state index is 11.4. The number of anilines is 1. The molecule has 1 amide bonds. The first kappa shape index (κ1) is 13.1. The third-order valence-corrected chi connectivity index (χ3v) is 3.47. The second kappa shape index (κ2) is 6.54. The van der Waals surface area contributed by atoms with Crippen molar-refractivity contribution >= 4 is 11.7 Å². The molecule has 1 aliphatic carbocycles. The standard InChI is InChI=1S/C13H22N4O/c1-14-9-13(18)15-12-8-11(16-17-12)7-10-5-3-2-4-6-10/h8,10,14H,2-7,9H2,1H3,(H2,15,16,17,18). The lowest BCUT2D eigenvalue weighted by Crippen LogP contribution is -2.25. The van der Waals surface area contributed by atoms with Crippen LogP contribution >= 0.6 is 0 Å². The van der Waals surface area contributed by atoms with Crippen LogP contribution in [0.4, 0.5) is 5.82 Å². The van der Waals surface area contributed by atoms with E-state index >= 15 is 0 Å². The lowest BCUT2D eigenvalue weighted by molar-refractivity contribution is -0.115. The van der Waals surface area contributed by atoms with Gasteiger partial charge in [-0.15, -0.1) is 0 Å². The van der Waals surface area contributed by atoms with Crippen molar-refractivity contribution in [2.24, 2.45) is 5.92 Å². The highest BCUT2D eigenvalue weighted by Crippen LogP contribution is 2.26. The van der Waals surface area contributed by atoms with Crippen molar-refractivity contribution < 1.29 is 4.79 Å². The molecule has 3 N–H and O–H groups in total. The molecule has 1 aliphatic rings. The largest absolute Gasteiger partial charge is 0.311 e. The van der Waals surface area contributed by atoms with E-state index in [1.807, 2.05) is 6.07 Å². The molecule has 0 unspecified atom stereocenters. The summed E-state index contributed by atoms with van der Waals surface area (Å²) in [4.78, 5) is 11.4. The number of amides is 1. The van der Waals surface area contributed by atoms with Crippen LogP contribution < -0.4 is 10.6 Å². The Bertz CT molecular complexity index is 382. The van der Waals surface area contributed by atoms with Gasteiger partial charge in [-0.25, -0.2) is 0 Å². The van der Waals surface area contributed by atoms with Gasteiger partial charge >= 0.3 is 0 Å².